The topological polar surface area (TPSA) is 55.7 Å². The van der Waals surface area contributed by atoms with Crippen molar-refractivity contribution in [1.82, 2.24) is 15.0 Å². The fraction of sp³-hybridized carbons (Fsp3) is 0.190. The van der Waals surface area contributed by atoms with E-state index in [1.54, 1.807) is 0 Å². The lowest BCUT2D eigenvalue weighted by Gasteiger charge is -2.62. The molecule has 10 aromatic rings. The van der Waals surface area contributed by atoms with Crippen molar-refractivity contribution in [2.24, 2.45) is 23.7 Å². The predicted octanol–water partition coefficient (Wildman–Crippen LogP) is 15.7. The van der Waals surface area contributed by atoms with Gasteiger partial charge in [-0.15, -0.1) is 0 Å². The molecule has 0 unspecified atom stereocenters. The van der Waals surface area contributed by atoms with Gasteiger partial charge in [0, 0.05) is 27.4 Å². The van der Waals surface area contributed by atoms with Gasteiger partial charge in [-0.2, -0.15) is 0 Å². The smallest absolute Gasteiger partial charge is 0.164 e. The van der Waals surface area contributed by atoms with Gasteiger partial charge in [-0.1, -0.05) is 188 Å². The van der Waals surface area contributed by atoms with Crippen molar-refractivity contribution >= 4 is 44.8 Å². The molecule has 9 aromatic carbocycles. The van der Waals surface area contributed by atoms with E-state index in [-0.39, 0.29) is 5.41 Å². The summed E-state index contributed by atoms with van der Waals surface area (Å²) in [6.45, 7) is 3.81. The van der Waals surface area contributed by atoms with E-state index in [4.69, 9.17) is 15.0 Å². The maximum Gasteiger partial charge on any atom is 0.164 e. The number of hydrogen-bond acceptors (Lipinski definition) is 4. The molecular weight excluding hydrogens is 846 g/mol. The van der Waals surface area contributed by atoms with Crippen LogP contribution in [0.5, 0.6) is 0 Å². The van der Waals surface area contributed by atoms with Crippen LogP contribution in [0, 0.1) is 23.7 Å². The molecule has 1 heterocycles. The van der Waals surface area contributed by atoms with E-state index in [9.17, 15) is 4.57 Å². The Morgan fingerprint density at radius 1 is 0.412 bits per heavy atom. The Bertz CT molecular complexity index is 3540. The summed E-state index contributed by atoms with van der Waals surface area (Å²) in [5.74, 6) is 4.81. The van der Waals surface area contributed by atoms with Crippen molar-refractivity contribution in [2.45, 2.75) is 37.5 Å². The Labute approximate surface area is 398 Å². The number of benzene rings is 9. The minimum absolute atomic E-state index is 0.0915. The van der Waals surface area contributed by atoms with Gasteiger partial charge in [-0.3, -0.25) is 0 Å². The third-order valence-electron chi connectivity index (χ3n) is 16.0. The molecule has 4 aliphatic rings. The highest BCUT2D eigenvalue weighted by Gasteiger charge is 2.58. The maximum absolute atomic E-state index is 13.9. The summed E-state index contributed by atoms with van der Waals surface area (Å²) < 4.78 is 13.9. The van der Waals surface area contributed by atoms with Crippen LogP contribution < -0.4 is 5.30 Å². The molecule has 4 fully saturated rings. The molecule has 4 saturated carbocycles. The molecule has 0 aliphatic heterocycles. The standard InChI is InChI=1S/C63H52N3OP/c1-68(2,67)59-55-23-10-8-21-53(55)58(54-22-9-11-24-56(54)59)44-26-30-48(31-27-44)63(50-35-40-34-41(37-50)38-51(63)36-40)49-32-28-45(29-33-49)60-64-61(47-19-12-18-46(39-47)42-14-4-3-5-15-42)66-62(65-60)57-25-13-17-43-16-6-7-20-52(43)57/h3-33,39-41,50-51H,34-38H2,1-2H3. The summed E-state index contributed by atoms with van der Waals surface area (Å²) in [7, 11) is -2.59. The average Bonchev–Trinajstić information content (AvgIpc) is 3.38. The Balaban J connectivity index is 0.939. The first kappa shape index (κ1) is 41.2. The summed E-state index contributed by atoms with van der Waals surface area (Å²) in [5.41, 5.74) is 10.4. The first-order valence-corrected chi connectivity index (χ1v) is 27.0. The monoisotopic (exact) mass is 897 g/mol. The first-order chi connectivity index (χ1) is 33.3. The molecule has 0 amide bonds. The summed E-state index contributed by atoms with van der Waals surface area (Å²) in [6.07, 6.45) is 6.54. The van der Waals surface area contributed by atoms with Gasteiger partial charge in [0.1, 0.15) is 7.14 Å². The number of aromatic nitrogens is 3. The van der Waals surface area contributed by atoms with Crippen LogP contribution in [-0.4, -0.2) is 28.3 Å². The van der Waals surface area contributed by atoms with Gasteiger partial charge in [-0.05, 0) is 141 Å². The van der Waals surface area contributed by atoms with E-state index in [1.165, 1.54) is 54.4 Å². The van der Waals surface area contributed by atoms with Crippen molar-refractivity contribution in [3.63, 3.8) is 0 Å². The van der Waals surface area contributed by atoms with Gasteiger partial charge in [0.2, 0.25) is 0 Å². The Kier molecular flexibility index (Phi) is 9.74. The second kappa shape index (κ2) is 16.1. The van der Waals surface area contributed by atoms with E-state index in [0.717, 1.165) is 77.3 Å². The van der Waals surface area contributed by atoms with Crippen LogP contribution >= 0.6 is 7.14 Å². The lowest BCUT2D eigenvalue weighted by atomic mass is 9.42. The van der Waals surface area contributed by atoms with E-state index >= 15 is 0 Å². The van der Waals surface area contributed by atoms with Crippen molar-refractivity contribution in [2.75, 3.05) is 13.3 Å². The van der Waals surface area contributed by atoms with Crippen molar-refractivity contribution < 1.29 is 4.57 Å². The number of hydrogen-bond donors (Lipinski definition) is 0. The van der Waals surface area contributed by atoms with Crippen LogP contribution in [0.3, 0.4) is 0 Å². The van der Waals surface area contributed by atoms with Crippen LogP contribution in [0.2, 0.25) is 0 Å². The molecule has 14 rings (SSSR count). The molecule has 0 radical (unpaired) electrons. The molecular formula is C63H52N3OP. The molecule has 4 nitrogen and oxygen atoms in total. The normalized spacial score (nSPS) is 20.9. The molecule has 0 atom stereocenters. The lowest BCUT2D eigenvalue weighted by Crippen LogP contribution is -2.56. The summed E-state index contributed by atoms with van der Waals surface area (Å²) in [5, 5.41) is 7.75. The molecule has 5 heteroatoms. The number of nitrogens with zero attached hydrogens (tertiary/aromatic N) is 3. The molecule has 4 bridgehead atoms. The molecule has 330 valence electrons. The lowest BCUT2D eigenvalue weighted by molar-refractivity contribution is -0.0418. The summed E-state index contributed by atoms with van der Waals surface area (Å²) in [6, 6.07) is 70.1. The summed E-state index contributed by atoms with van der Waals surface area (Å²) >= 11 is 0. The van der Waals surface area contributed by atoms with Gasteiger partial charge in [0.05, 0.1) is 0 Å². The minimum Gasteiger partial charge on any atom is -0.319 e. The largest absolute Gasteiger partial charge is 0.319 e. The zero-order valence-electron chi connectivity index (χ0n) is 38.5. The highest BCUT2D eigenvalue weighted by atomic mass is 31.2. The minimum atomic E-state index is -2.59. The van der Waals surface area contributed by atoms with Crippen molar-refractivity contribution in [3.05, 3.63) is 205 Å². The van der Waals surface area contributed by atoms with Gasteiger partial charge in [0.25, 0.3) is 0 Å². The van der Waals surface area contributed by atoms with Crippen LogP contribution in [0.4, 0.5) is 0 Å². The van der Waals surface area contributed by atoms with Gasteiger partial charge >= 0.3 is 0 Å². The SMILES string of the molecule is CP(C)(=O)c1c2ccccc2c(-c2ccc(C3(c4ccc(-c5nc(-c6cccc(-c7ccccc7)c6)nc(-c6cccc7ccccc67)n5)cc4)C4CC5CC(C4)CC3C5)cc2)c2ccccc12. The molecule has 0 N–H and O–H groups in total. The van der Waals surface area contributed by atoms with Gasteiger partial charge in [-0.25, -0.2) is 15.0 Å². The van der Waals surface area contributed by atoms with Crippen LogP contribution in [0.25, 0.3) is 88.7 Å². The average molecular weight is 898 g/mol. The van der Waals surface area contributed by atoms with E-state index < -0.39 is 7.14 Å². The van der Waals surface area contributed by atoms with Crippen LogP contribution in [0.1, 0.15) is 43.2 Å². The predicted molar refractivity (Wildman–Crippen MR) is 283 cm³/mol. The third-order valence-corrected chi connectivity index (χ3v) is 17.6. The Hall–Kier alpha value is -7.00. The van der Waals surface area contributed by atoms with E-state index in [0.29, 0.717) is 29.3 Å². The third kappa shape index (κ3) is 6.71. The van der Waals surface area contributed by atoms with Crippen LogP contribution in [0.15, 0.2) is 194 Å². The quantitative estimate of drug-likeness (QED) is 0.113. The highest BCUT2D eigenvalue weighted by Crippen LogP contribution is 2.65. The molecule has 1 aromatic heterocycles. The first-order valence-electron chi connectivity index (χ1n) is 24.4. The van der Waals surface area contributed by atoms with Gasteiger partial charge < -0.3 is 4.57 Å². The molecule has 68 heavy (non-hydrogen) atoms. The zero-order chi connectivity index (χ0) is 45.6. The van der Waals surface area contributed by atoms with E-state index in [1.807, 2.05) is 13.3 Å². The second-order valence-electron chi connectivity index (χ2n) is 20.3. The van der Waals surface area contributed by atoms with E-state index in [2.05, 4.69) is 194 Å². The Morgan fingerprint density at radius 3 is 1.50 bits per heavy atom. The zero-order valence-corrected chi connectivity index (χ0v) is 39.4. The molecule has 4 aliphatic carbocycles. The summed E-state index contributed by atoms with van der Waals surface area (Å²) in [4.78, 5) is 15.8. The van der Waals surface area contributed by atoms with Crippen molar-refractivity contribution in [1.29, 1.82) is 0 Å². The molecule has 0 saturated heterocycles. The number of rotatable bonds is 8. The fourth-order valence-electron chi connectivity index (χ4n) is 13.5. The highest BCUT2D eigenvalue weighted by molar-refractivity contribution is 7.71. The fourth-order valence-corrected chi connectivity index (χ4v) is 15.0. The Morgan fingerprint density at radius 2 is 0.882 bits per heavy atom. The molecule has 0 spiro atoms. The van der Waals surface area contributed by atoms with Crippen molar-refractivity contribution in [3.8, 4) is 56.4 Å². The maximum atomic E-state index is 13.9. The van der Waals surface area contributed by atoms with Crippen LogP contribution in [-0.2, 0) is 9.98 Å². The second-order valence-corrected chi connectivity index (χ2v) is 23.4. The van der Waals surface area contributed by atoms with Gasteiger partial charge in [0.15, 0.2) is 17.5 Å². The number of fused-ring (bicyclic) bond motifs is 3.